The molecular weight excluding hydrogens is 470 g/mol. The van der Waals surface area contributed by atoms with Crippen molar-refractivity contribution in [1.29, 1.82) is 0 Å². The first-order valence-electron chi connectivity index (χ1n) is 13.2. The van der Waals surface area contributed by atoms with Gasteiger partial charge in [0.1, 0.15) is 7.05 Å². The molecule has 4 heteroatoms. The van der Waals surface area contributed by atoms with Crippen LogP contribution in [0.15, 0.2) is 58.7 Å². The van der Waals surface area contributed by atoms with E-state index in [1.807, 2.05) is 24.2 Å². The zero-order valence-electron chi connectivity index (χ0n) is 23.3. The predicted molar refractivity (Wildman–Crippen MR) is 156 cm³/mol. The van der Waals surface area contributed by atoms with Gasteiger partial charge in [-0.3, -0.25) is 9.97 Å². The summed E-state index contributed by atoms with van der Waals surface area (Å²) in [6, 6.07) is 11.2. The summed E-state index contributed by atoms with van der Waals surface area (Å²) in [5.41, 5.74) is 9.33. The molecule has 1 aliphatic heterocycles. The standard InChI is InChI=1S/C33H36N3S/c1-19-21-10-9-13-35-29(21)23(18-33(5,6)7)31-26(19)30-28-22(12-15-36(30)8)27-20(17-32(2,3)4)11-14-34-24(27)16-25(28)37-31/h9-16H,17-18H2,1-8H3/q+1. The molecule has 0 fully saturated rings. The molecule has 37 heavy (non-hydrogen) atoms. The summed E-state index contributed by atoms with van der Waals surface area (Å²) in [5.74, 6) is 0. The molecule has 0 spiro atoms. The lowest BCUT2D eigenvalue weighted by Gasteiger charge is -2.28. The van der Waals surface area contributed by atoms with Crippen molar-refractivity contribution in [2.75, 3.05) is 0 Å². The Balaban J connectivity index is 1.77. The summed E-state index contributed by atoms with van der Waals surface area (Å²) in [6.07, 6.45) is 8.17. The number of fused-ring (bicyclic) bond motifs is 5. The minimum absolute atomic E-state index is 0.148. The van der Waals surface area contributed by atoms with Gasteiger partial charge in [0.2, 0.25) is 5.69 Å². The van der Waals surface area contributed by atoms with E-state index >= 15 is 0 Å². The topological polar surface area (TPSA) is 29.7 Å². The van der Waals surface area contributed by atoms with Gasteiger partial charge in [-0.15, -0.1) is 0 Å². The normalized spacial score (nSPS) is 13.5. The van der Waals surface area contributed by atoms with Crippen LogP contribution in [0.3, 0.4) is 0 Å². The summed E-state index contributed by atoms with van der Waals surface area (Å²) in [7, 11) is 2.19. The van der Waals surface area contributed by atoms with Crippen LogP contribution in [0.2, 0.25) is 0 Å². The van der Waals surface area contributed by atoms with E-state index in [2.05, 4.69) is 96.6 Å². The minimum atomic E-state index is 0.148. The first kappa shape index (κ1) is 24.4. The zero-order valence-corrected chi connectivity index (χ0v) is 24.1. The quantitative estimate of drug-likeness (QED) is 0.174. The molecule has 0 bridgehead atoms. The van der Waals surface area contributed by atoms with Crippen LogP contribution in [-0.4, -0.2) is 9.97 Å². The fourth-order valence-electron chi connectivity index (χ4n) is 6.06. The molecule has 0 aliphatic carbocycles. The van der Waals surface area contributed by atoms with E-state index in [-0.39, 0.29) is 10.8 Å². The third-order valence-electron chi connectivity index (χ3n) is 7.42. The van der Waals surface area contributed by atoms with Gasteiger partial charge in [0.05, 0.1) is 22.0 Å². The van der Waals surface area contributed by atoms with Gasteiger partial charge in [0.25, 0.3) is 0 Å². The Labute approximate surface area is 224 Å². The zero-order chi connectivity index (χ0) is 26.3. The first-order valence-corrected chi connectivity index (χ1v) is 14.1. The molecule has 2 aromatic carbocycles. The Morgan fingerprint density at radius 2 is 1.62 bits per heavy atom. The van der Waals surface area contributed by atoms with Crippen molar-refractivity contribution in [3.8, 4) is 11.3 Å². The van der Waals surface area contributed by atoms with Crippen LogP contribution in [-0.2, 0) is 19.9 Å². The molecule has 3 aromatic heterocycles. The average molecular weight is 507 g/mol. The number of hydrogen-bond donors (Lipinski definition) is 0. The Bertz CT molecular complexity index is 1740. The molecule has 0 saturated heterocycles. The minimum Gasteiger partial charge on any atom is -0.256 e. The summed E-state index contributed by atoms with van der Waals surface area (Å²) in [5, 5.41) is 5.23. The average Bonchev–Trinajstić information content (AvgIpc) is 2.81. The number of nitrogens with zero attached hydrogens (tertiary/aromatic N) is 3. The van der Waals surface area contributed by atoms with Gasteiger partial charge in [-0.25, -0.2) is 4.57 Å². The molecular formula is C33H36N3S+. The number of hydrogen-bond acceptors (Lipinski definition) is 3. The van der Waals surface area contributed by atoms with Crippen LogP contribution in [0.1, 0.15) is 58.2 Å². The second kappa shape index (κ2) is 8.26. The molecule has 0 atom stereocenters. The Morgan fingerprint density at radius 3 is 2.35 bits per heavy atom. The SMILES string of the molecule is Cc1c2c(c(CC(C)(C)C)c3ncccc13)Sc1cc3nccc(CC(C)(C)C)c3c3cc[n+](C)c-2c13. The Hall–Kier alpha value is -2.98. The van der Waals surface area contributed by atoms with Crippen LogP contribution in [0.5, 0.6) is 0 Å². The molecule has 0 saturated carbocycles. The van der Waals surface area contributed by atoms with E-state index < -0.39 is 0 Å². The van der Waals surface area contributed by atoms with Crippen molar-refractivity contribution < 1.29 is 4.57 Å². The highest BCUT2D eigenvalue weighted by Crippen LogP contribution is 2.53. The maximum absolute atomic E-state index is 4.92. The van der Waals surface area contributed by atoms with E-state index in [4.69, 9.17) is 9.97 Å². The van der Waals surface area contributed by atoms with Crippen LogP contribution in [0.4, 0.5) is 0 Å². The van der Waals surface area contributed by atoms with Crippen molar-refractivity contribution in [2.45, 2.75) is 71.1 Å². The second-order valence-corrected chi connectivity index (χ2v) is 14.1. The monoisotopic (exact) mass is 506 g/mol. The number of pyridine rings is 3. The van der Waals surface area contributed by atoms with Gasteiger partial charge in [-0.1, -0.05) is 59.4 Å². The fraction of sp³-hybridized carbons (Fsp3) is 0.364. The smallest absolute Gasteiger partial charge is 0.222 e. The van der Waals surface area contributed by atoms with Crippen molar-refractivity contribution >= 4 is 44.3 Å². The van der Waals surface area contributed by atoms with E-state index in [9.17, 15) is 0 Å². The summed E-state index contributed by atoms with van der Waals surface area (Å²) < 4.78 is 2.33. The van der Waals surface area contributed by atoms with Crippen LogP contribution in [0, 0.1) is 17.8 Å². The lowest BCUT2D eigenvalue weighted by molar-refractivity contribution is -0.659. The highest BCUT2D eigenvalue weighted by Gasteiger charge is 2.34. The highest BCUT2D eigenvalue weighted by atomic mass is 32.2. The molecule has 0 radical (unpaired) electrons. The molecule has 0 unspecified atom stereocenters. The van der Waals surface area contributed by atoms with Crippen molar-refractivity contribution in [3.63, 3.8) is 0 Å². The van der Waals surface area contributed by atoms with E-state index in [1.54, 1.807) is 0 Å². The predicted octanol–water partition coefficient (Wildman–Crippen LogP) is 8.38. The Morgan fingerprint density at radius 1 is 0.865 bits per heavy atom. The van der Waals surface area contributed by atoms with Crippen LogP contribution in [0.25, 0.3) is 43.8 Å². The molecule has 5 aromatic rings. The van der Waals surface area contributed by atoms with Gasteiger partial charge in [0.15, 0.2) is 6.20 Å². The summed E-state index contributed by atoms with van der Waals surface area (Å²) in [4.78, 5) is 12.5. The molecule has 1 aliphatic rings. The molecule has 3 nitrogen and oxygen atoms in total. The third kappa shape index (κ3) is 4.01. The lowest BCUT2D eigenvalue weighted by atomic mass is 9.83. The summed E-state index contributed by atoms with van der Waals surface area (Å²) >= 11 is 1.92. The van der Waals surface area contributed by atoms with Crippen molar-refractivity contribution in [2.24, 2.45) is 17.9 Å². The summed E-state index contributed by atoms with van der Waals surface area (Å²) in [6.45, 7) is 16.2. The third-order valence-corrected chi connectivity index (χ3v) is 8.62. The maximum Gasteiger partial charge on any atom is 0.222 e. The van der Waals surface area contributed by atoms with E-state index in [0.717, 1.165) is 23.9 Å². The van der Waals surface area contributed by atoms with Gasteiger partial charge >= 0.3 is 0 Å². The van der Waals surface area contributed by atoms with Crippen LogP contribution >= 0.6 is 11.8 Å². The number of rotatable bonds is 2. The molecule has 0 amide bonds. The number of benzene rings is 2. The largest absolute Gasteiger partial charge is 0.256 e. The maximum atomic E-state index is 4.92. The fourth-order valence-corrected chi connectivity index (χ4v) is 7.40. The molecule has 6 rings (SSSR count). The van der Waals surface area contributed by atoms with Crippen LogP contribution < -0.4 is 4.57 Å². The number of aromatic nitrogens is 3. The molecule has 188 valence electrons. The Kier molecular flexibility index (Phi) is 5.44. The van der Waals surface area contributed by atoms with Gasteiger partial charge in [-0.2, -0.15) is 0 Å². The van der Waals surface area contributed by atoms with Gasteiger partial charge in [0, 0.05) is 44.4 Å². The first-order chi connectivity index (χ1) is 17.4. The molecule has 4 heterocycles. The van der Waals surface area contributed by atoms with Crippen molar-refractivity contribution in [3.05, 3.63) is 65.6 Å². The van der Waals surface area contributed by atoms with Gasteiger partial charge < -0.3 is 0 Å². The van der Waals surface area contributed by atoms with E-state index in [0.29, 0.717) is 0 Å². The van der Waals surface area contributed by atoms with Crippen molar-refractivity contribution in [1.82, 2.24) is 9.97 Å². The highest BCUT2D eigenvalue weighted by molar-refractivity contribution is 8.00. The molecule has 0 N–H and O–H groups in total. The van der Waals surface area contributed by atoms with Gasteiger partial charge in [-0.05, 0) is 65.5 Å². The van der Waals surface area contributed by atoms with E-state index in [1.165, 1.54) is 59.3 Å². The second-order valence-electron chi connectivity index (χ2n) is 13.1. The lowest BCUT2D eigenvalue weighted by Crippen LogP contribution is -2.32. The number of aryl methyl sites for hydroxylation is 2.